The van der Waals surface area contributed by atoms with Gasteiger partial charge >= 0.3 is 0 Å². The predicted molar refractivity (Wildman–Crippen MR) is 116 cm³/mol. The van der Waals surface area contributed by atoms with E-state index in [2.05, 4.69) is 6.92 Å². The number of unbranched alkanes of at least 4 members (excludes halogenated alkanes) is 1. The fourth-order valence-corrected chi connectivity index (χ4v) is 3.87. The Labute approximate surface area is 171 Å². The molecule has 0 fully saturated rings. The van der Waals surface area contributed by atoms with Crippen LogP contribution in [-0.2, 0) is 6.54 Å². The Morgan fingerprint density at radius 3 is 2.47 bits per heavy atom. The molecule has 3 heterocycles. The van der Waals surface area contributed by atoms with Gasteiger partial charge in [-0.2, -0.15) is 0 Å². The second-order valence-corrected chi connectivity index (χ2v) is 7.37. The summed E-state index contributed by atoms with van der Waals surface area (Å²) in [5.41, 5.74) is 3.23. The number of halogens is 1. The molecular formula is C23H20FN5O. The molecule has 0 unspecified atom stereocenters. The van der Waals surface area contributed by atoms with E-state index in [1.807, 2.05) is 31.2 Å². The summed E-state index contributed by atoms with van der Waals surface area (Å²) in [4.78, 5) is 27.8. The number of hydrogen-bond acceptors (Lipinski definition) is 4. The van der Waals surface area contributed by atoms with Crippen molar-refractivity contribution in [1.82, 2.24) is 24.1 Å². The normalized spacial score (nSPS) is 11.7. The maximum atomic E-state index is 14.0. The molecule has 0 aliphatic carbocycles. The van der Waals surface area contributed by atoms with Gasteiger partial charge in [0.2, 0.25) is 0 Å². The second kappa shape index (κ2) is 7.02. The SMILES string of the molecule is CCCCn1c(C)nc2c(c1=O)c1nc3ccccc3nc1n2-c1cccc(F)c1. The summed E-state index contributed by atoms with van der Waals surface area (Å²) in [6, 6.07) is 13.7. The van der Waals surface area contributed by atoms with E-state index in [4.69, 9.17) is 15.0 Å². The lowest BCUT2D eigenvalue weighted by atomic mass is 10.2. The number of rotatable bonds is 4. The third-order valence-corrected chi connectivity index (χ3v) is 5.36. The summed E-state index contributed by atoms with van der Waals surface area (Å²) in [5.74, 6) is 0.246. The lowest BCUT2D eigenvalue weighted by Crippen LogP contribution is -2.24. The summed E-state index contributed by atoms with van der Waals surface area (Å²) >= 11 is 0. The molecule has 0 amide bonds. The second-order valence-electron chi connectivity index (χ2n) is 7.37. The molecule has 7 heteroatoms. The summed E-state index contributed by atoms with van der Waals surface area (Å²) in [6.45, 7) is 4.50. The molecule has 0 aliphatic heterocycles. The van der Waals surface area contributed by atoms with Crippen molar-refractivity contribution in [3.63, 3.8) is 0 Å². The smallest absolute Gasteiger partial charge is 0.265 e. The first-order chi connectivity index (χ1) is 14.6. The average Bonchev–Trinajstić information content (AvgIpc) is 3.04. The fraction of sp³-hybridized carbons (Fsp3) is 0.217. The summed E-state index contributed by atoms with van der Waals surface area (Å²) < 4.78 is 17.5. The lowest BCUT2D eigenvalue weighted by Gasteiger charge is -2.10. The number of aryl methyl sites for hydroxylation is 1. The maximum Gasteiger partial charge on any atom is 0.265 e. The first kappa shape index (κ1) is 18.4. The van der Waals surface area contributed by atoms with E-state index in [1.165, 1.54) is 12.1 Å². The molecule has 0 saturated carbocycles. The van der Waals surface area contributed by atoms with Crippen LogP contribution in [0.3, 0.4) is 0 Å². The third kappa shape index (κ3) is 2.77. The molecule has 0 saturated heterocycles. The van der Waals surface area contributed by atoms with Gasteiger partial charge in [-0.1, -0.05) is 31.5 Å². The lowest BCUT2D eigenvalue weighted by molar-refractivity contribution is 0.591. The Bertz CT molecular complexity index is 1480. The zero-order valence-corrected chi connectivity index (χ0v) is 16.8. The van der Waals surface area contributed by atoms with Crippen molar-refractivity contribution in [1.29, 1.82) is 0 Å². The number of benzene rings is 2. The topological polar surface area (TPSA) is 65.6 Å². The van der Waals surface area contributed by atoms with E-state index in [-0.39, 0.29) is 11.4 Å². The van der Waals surface area contributed by atoms with Gasteiger partial charge in [0.25, 0.3) is 5.56 Å². The highest BCUT2D eigenvalue weighted by Gasteiger charge is 2.22. The molecule has 150 valence electrons. The van der Waals surface area contributed by atoms with Crippen LogP contribution in [0, 0.1) is 12.7 Å². The van der Waals surface area contributed by atoms with Crippen LogP contribution in [0.25, 0.3) is 38.9 Å². The largest absolute Gasteiger partial charge is 0.296 e. The van der Waals surface area contributed by atoms with Gasteiger partial charge in [0.1, 0.15) is 22.5 Å². The molecule has 3 aromatic heterocycles. The van der Waals surface area contributed by atoms with E-state index >= 15 is 0 Å². The van der Waals surface area contributed by atoms with Crippen molar-refractivity contribution in [2.24, 2.45) is 0 Å². The van der Waals surface area contributed by atoms with Crippen LogP contribution >= 0.6 is 0 Å². The zero-order chi connectivity index (χ0) is 20.8. The first-order valence-electron chi connectivity index (χ1n) is 10.0. The number of fused-ring (bicyclic) bond motifs is 4. The van der Waals surface area contributed by atoms with Gasteiger partial charge in [-0.05, 0) is 43.7 Å². The number of para-hydroxylation sites is 2. The molecular weight excluding hydrogens is 381 g/mol. The van der Waals surface area contributed by atoms with Gasteiger partial charge in [0.15, 0.2) is 11.3 Å². The Hall–Kier alpha value is -3.61. The van der Waals surface area contributed by atoms with E-state index in [1.54, 1.807) is 21.3 Å². The fourth-order valence-electron chi connectivity index (χ4n) is 3.87. The molecule has 0 atom stereocenters. The molecule has 30 heavy (non-hydrogen) atoms. The molecule has 0 N–H and O–H groups in total. The van der Waals surface area contributed by atoms with Crippen LogP contribution in [-0.4, -0.2) is 24.1 Å². The molecule has 0 radical (unpaired) electrons. The first-order valence-corrected chi connectivity index (χ1v) is 10.0. The number of hydrogen-bond donors (Lipinski definition) is 0. The molecule has 2 aromatic carbocycles. The summed E-state index contributed by atoms with van der Waals surface area (Å²) in [6.07, 6.45) is 1.85. The van der Waals surface area contributed by atoms with Crippen molar-refractivity contribution in [3.05, 3.63) is 70.5 Å². The van der Waals surface area contributed by atoms with Crippen molar-refractivity contribution < 1.29 is 4.39 Å². The van der Waals surface area contributed by atoms with Gasteiger partial charge in [0.05, 0.1) is 16.7 Å². The Balaban J connectivity index is 1.98. The van der Waals surface area contributed by atoms with E-state index in [0.717, 1.165) is 12.8 Å². The van der Waals surface area contributed by atoms with Crippen molar-refractivity contribution >= 4 is 33.2 Å². The molecule has 5 rings (SSSR count). The Morgan fingerprint density at radius 1 is 0.967 bits per heavy atom. The monoisotopic (exact) mass is 401 g/mol. The molecule has 0 spiro atoms. The quantitative estimate of drug-likeness (QED) is 0.444. The van der Waals surface area contributed by atoms with Gasteiger partial charge in [-0.25, -0.2) is 19.3 Å². The predicted octanol–water partition coefficient (Wildman–Crippen LogP) is 4.53. The minimum Gasteiger partial charge on any atom is -0.296 e. The van der Waals surface area contributed by atoms with Crippen LogP contribution in [0.15, 0.2) is 53.3 Å². The van der Waals surface area contributed by atoms with Gasteiger partial charge in [-0.15, -0.1) is 0 Å². The van der Waals surface area contributed by atoms with Crippen LogP contribution in [0.4, 0.5) is 4.39 Å². The van der Waals surface area contributed by atoms with Gasteiger partial charge < -0.3 is 0 Å². The highest BCUT2D eigenvalue weighted by molar-refractivity contribution is 6.05. The van der Waals surface area contributed by atoms with Crippen LogP contribution in [0.2, 0.25) is 0 Å². The maximum absolute atomic E-state index is 14.0. The standard InChI is InChI=1S/C23H20FN5O/c1-3-4-12-28-14(2)25-21-19(23(28)30)20-22(27-18-11-6-5-10-17(18)26-20)29(21)16-9-7-8-15(24)13-16/h5-11,13H,3-4,12H2,1-2H3. The minimum absolute atomic E-state index is 0.143. The number of aromatic nitrogens is 5. The Kier molecular flexibility index (Phi) is 4.31. The van der Waals surface area contributed by atoms with E-state index < -0.39 is 0 Å². The van der Waals surface area contributed by atoms with Crippen molar-refractivity contribution in [3.8, 4) is 5.69 Å². The minimum atomic E-state index is -0.371. The molecule has 0 bridgehead atoms. The third-order valence-electron chi connectivity index (χ3n) is 5.36. The summed E-state index contributed by atoms with van der Waals surface area (Å²) in [7, 11) is 0. The highest BCUT2D eigenvalue weighted by atomic mass is 19.1. The molecule has 0 aliphatic rings. The van der Waals surface area contributed by atoms with Crippen molar-refractivity contribution in [2.75, 3.05) is 0 Å². The average molecular weight is 401 g/mol. The Morgan fingerprint density at radius 2 is 1.73 bits per heavy atom. The van der Waals surface area contributed by atoms with Gasteiger partial charge in [-0.3, -0.25) is 13.9 Å². The highest BCUT2D eigenvalue weighted by Crippen LogP contribution is 2.28. The van der Waals surface area contributed by atoms with Gasteiger partial charge in [0, 0.05) is 6.54 Å². The number of nitrogens with zero attached hydrogens (tertiary/aromatic N) is 5. The summed E-state index contributed by atoms with van der Waals surface area (Å²) in [5, 5.41) is 0.411. The zero-order valence-electron chi connectivity index (χ0n) is 16.8. The van der Waals surface area contributed by atoms with Crippen LogP contribution < -0.4 is 5.56 Å². The van der Waals surface area contributed by atoms with Crippen LogP contribution in [0.5, 0.6) is 0 Å². The van der Waals surface area contributed by atoms with Crippen molar-refractivity contribution in [2.45, 2.75) is 33.2 Å². The molecule has 5 aromatic rings. The van der Waals surface area contributed by atoms with E-state index in [9.17, 15) is 9.18 Å². The van der Waals surface area contributed by atoms with Crippen LogP contribution in [0.1, 0.15) is 25.6 Å². The molecule has 6 nitrogen and oxygen atoms in total. The van der Waals surface area contributed by atoms with E-state index in [0.29, 0.717) is 51.3 Å².